The van der Waals surface area contributed by atoms with Crippen molar-refractivity contribution in [3.05, 3.63) is 67.6 Å². The molecule has 126 valence electrons. The van der Waals surface area contributed by atoms with Crippen LogP contribution in [0.5, 0.6) is 0 Å². The number of hydrogen-bond donors (Lipinski definition) is 1. The second kappa shape index (κ2) is 9.54. The number of hydrazone groups is 1. The summed E-state index contributed by atoms with van der Waals surface area (Å²) in [6, 6.07) is 10.3. The van der Waals surface area contributed by atoms with E-state index < -0.39 is 0 Å². The maximum absolute atomic E-state index is 11.8. The maximum Gasteiger partial charge on any atom is 0.250 e. The van der Waals surface area contributed by atoms with Crippen molar-refractivity contribution in [2.45, 2.75) is 5.75 Å². The molecule has 0 aromatic heterocycles. The van der Waals surface area contributed by atoms with Gasteiger partial charge in [-0.3, -0.25) is 4.79 Å². The average Bonchev–Trinajstić information content (AvgIpc) is 2.52. The Morgan fingerprint density at radius 3 is 2.46 bits per heavy atom. The Hall–Kier alpha value is -0.910. The number of thioether (sulfide) groups is 1. The normalized spacial score (nSPS) is 11.0. The van der Waals surface area contributed by atoms with E-state index in [4.69, 9.17) is 46.4 Å². The number of carbonyl (C=O) groups is 1. The van der Waals surface area contributed by atoms with Crippen molar-refractivity contribution in [2.75, 3.05) is 5.75 Å². The summed E-state index contributed by atoms with van der Waals surface area (Å²) in [5.41, 5.74) is 3.92. The summed E-state index contributed by atoms with van der Waals surface area (Å²) in [5.74, 6) is 0.538. The molecule has 0 aliphatic heterocycles. The molecule has 0 saturated heterocycles. The molecule has 0 spiro atoms. The first-order valence-corrected chi connectivity index (χ1v) is 9.41. The standard InChI is InChI=1S/C16H12Cl4N2OS/c17-11-5-4-10(15(20)6-11)7-21-22-16(23)9-24-8-12-13(18)2-1-3-14(12)19/h1-7H,8-9H2,(H,22,23)/b21-7-. The van der Waals surface area contributed by atoms with Crippen molar-refractivity contribution in [3.63, 3.8) is 0 Å². The minimum atomic E-state index is -0.232. The number of amides is 1. The molecule has 0 fully saturated rings. The van der Waals surface area contributed by atoms with Gasteiger partial charge in [0, 0.05) is 26.4 Å². The monoisotopic (exact) mass is 420 g/mol. The van der Waals surface area contributed by atoms with E-state index in [0.717, 1.165) is 5.56 Å². The zero-order valence-electron chi connectivity index (χ0n) is 12.2. The lowest BCUT2D eigenvalue weighted by Gasteiger charge is -2.06. The van der Waals surface area contributed by atoms with Crippen molar-refractivity contribution in [2.24, 2.45) is 5.10 Å². The quantitative estimate of drug-likeness (QED) is 0.481. The minimum Gasteiger partial charge on any atom is -0.272 e. The van der Waals surface area contributed by atoms with E-state index in [1.54, 1.807) is 36.4 Å². The van der Waals surface area contributed by atoms with Gasteiger partial charge in [0.2, 0.25) is 5.91 Å². The number of halogens is 4. The number of hydrogen-bond acceptors (Lipinski definition) is 3. The Morgan fingerprint density at radius 1 is 1.08 bits per heavy atom. The van der Waals surface area contributed by atoms with Crippen molar-refractivity contribution in [3.8, 4) is 0 Å². The molecule has 8 heteroatoms. The molecular formula is C16H12Cl4N2OS. The van der Waals surface area contributed by atoms with Crippen LogP contribution in [-0.4, -0.2) is 17.9 Å². The molecule has 0 unspecified atom stereocenters. The molecule has 2 aromatic carbocycles. The summed E-state index contributed by atoms with van der Waals surface area (Å²) in [6.45, 7) is 0. The lowest BCUT2D eigenvalue weighted by atomic mass is 10.2. The number of rotatable bonds is 6. The molecule has 1 N–H and O–H groups in total. The third kappa shape index (κ3) is 5.87. The van der Waals surface area contributed by atoms with Crippen molar-refractivity contribution in [1.82, 2.24) is 5.43 Å². The summed E-state index contributed by atoms with van der Waals surface area (Å²) in [5, 5.41) is 6.05. The second-order valence-corrected chi connectivity index (χ2v) is 7.30. The van der Waals surface area contributed by atoms with E-state index in [-0.39, 0.29) is 11.7 Å². The molecule has 3 nitrogen and oxygen atoms in total. The second-order valence-electron chi connectivity index (χ2n) is 4.65. The van der Waals surface area contributed by atoms with E-state index in [0.29, 0.717) is 31.4 Å². The highest BCUT2D eigenvalue weighted by Crippen LogP contribution is 2.28. The fourth-order valence-electron chi connectivity index (χ4n) is 1.73. The molecule has 2 aromatic rings. The first-order valence-electron chi connectivity index (χ1n) is 6.75. The van der Waals surface area contributed by atoms with Crippen molar-refractivity contribution >= 4 is 70.3 Å². The largest absolute Gasteiger partial charge is 0.272 e. The Bertz CT molecular complexity index is 747. The molecule has 0 saturated carbocycles. The lowest BCUT2D eigenvalue weighted by Crippen LogP contribution is -2.19. The van der Waals surface area contributed by atoms with Crippen molar-refractivity contribution < 1.29 is 4.79 Å². The molecule has 0 heterocycles. The molecule has 24 heavy (non-hydrogen) atoms. The first-order chi connectivity index (χ1) is 11.5. The van der Waals surface area contributed by atoms with Crippen LogP contribution in [0.1, 0.15) is 11.1 Å². The van der Waals surface area contributed by atoms with Crippen LogP contribution in [0, 0.1) is 0 Å². The molecule has 0 aliphatic rings. The fraction of sp³-hybridized carbons (Fsp3) is 0.125. The molecule has 0 bridgehead atoms. The summed E-state index contributed by atoms with van der Waals surface area (Å²) < 4.78 is 0. The highest BCUT2D eigenvalue weighted by atomic mass is 35.5. The highest BCUT2D eigenvalue weighted by molar-refractivity contribution is 7.99. The van der Waals surface area contributed by atoms with E-state index >= 15 is 0 Å². The number of nitrogens with one attached hydrogen (secondary N) is 1. The summed E-state index contributed by atoms with van der Waals surface area (Å²) in [6.07, 6.45) is 1.46. The molecule has 0 radical (unpaired) electrons. The van der Waals surface area contributed by atoms with Crippen LogP contribution < -0.4 is 5.43 Å². The predicted octanol–water partition coefficient (Wildman–Crippen LogP) is 5.68. The van der Waals surface area contributed by atoms with Gasteiger partial charge in [0.05, 0.1) is 17.0 Å². The molecule has 1 amide bonds. The Kier molecular flexibility index (Phi) is 7.72. The fourth-order valence-corrected chi connectivity index (χ4v) is 3.74. The number of benzene rings is 2. The van der Waals surface area contributed by atoms with Crippen LogP contribution in [-0.2, 0) is 10.5 Å². The van der Waals surface area contributed by atoms with Crippen LogP contribution in [0.15, 0.2) is 41.5 Å². The van der Waals surface area contributed by atoms with E-state index in [1.807, 2.05) is 0 Å². The van der Waals surface area contributed by atoms with Gasteiger partial charge in [-0.05, 0) is 29.8 Å². The van der Waals surface area contributed by atoms with Crippen LogP contribution in [0.4, 0.5) is 0 Å². The van der Waals surface area contributed by atoms with Gasteiger partial charge in [0.1, 0.15) is 0 Å². The van der Waals surface area contributed by atoms with Gasteiger partial charge in [-0.2, -0.15) is 5.10 Å². The molecular weight excluding hydrogens is 410 g/mol. The average molecular weight is 422 g/mol. The van der Waals surface area contributed by atoms with Crippen molar-refractivity contribution in [1.29, 1.82) is 0 Å². The topological polar surface area (TPSA) is 41.5 Å². The lowest BCUT2D eigenvalue weighted by molar-refractivity contribution is -0.118. The molecule has 2 rings (SSSR count). The van der Waals surface area contributed by atoms with E-state index in [1.165, 1.54) is 18.0 Å². The van der Waals surface area contributed by atoms with Crippen LogP contribution >= 0.6 is 58.2 Å². The first kappa shape index (κ1) is 19.4. The van der Waals surface area contributed by atoms with Gasteiger partial charge in [0.15, 0.2) is 0 Å². The number of carbonyl (C=O) groups excluding carboxylic acids is 1. The summed E-state index contributed by atoms with van der Waals surface area (Å²) in [4.78, 5) is 11.8. The van der Waals surface area contributed by atoms with E-state index in [9.17, 15) is 4.79 Å². The maximum atomic E-state index is 11.8. The van der Waals surface area contributed by atoms with Gasteiger partial charge in [0.25, 0.3) is 0 Å². The minimum absolute atomic E-state index is 0.229. The SMILES string of the molecule is O=C(CSCc1c(Cl)cccc1Cl)N/N=C\c1ccc(Cl)cc1Cl. The van der Waals surface area contributed by atoms with Crippen LogP contribution in [0.3, 0.4) is 0 Å². The Balaban J connectivity index is 1.80. The smallest absolute Gasteiger partial charge is 0.250 e. The summed E-state index contributed by atoms with van der Waals surface area (Å²) in [7, 11) is 0. The van der Waals surface area contributed by atoms with E-state index in [2.05, 4.69) is 10.5 Å². The van der Waals surface area contributed by atoms with Crippen LogP contribution in [0.2, 0.25) is 20.1 Å². The molecule has 0 aliphatic carbocycles. The third-order valence-electron chi connectivity index (χ3n) is 2.90. The van der Waals surface area contributed by atoms with Gasteiger partial charge >= 0.3 is 0 Å². The third-order valence-corrected chi connectivity index (χ3v) is 5.13. The van der Waals surface area contributed by atoms with Gasteiger partial charge in [-0.25, -0.2) is 5.43 Å². The Labute approximate surface area is 164 Å². The van der Waals surface area contributed by atoms with Gasteiger partial charge in [-0.15, -0.1) is 11.8 Å². The zero-order valence-corrected chi connectivity index (χ0v) is 16.1. The number of nitrogens with zero attached hydrogens (tertiary/aromatic N) is 1. The molecule has 0 atom stereocenters. The Morgan fingerprint density at radius 2 is 1.79 bits per heavy atom. The predicted molar refractivity (Wildman–Crippen MR) is 105 cm³/mol. The zero-order chi connectivity index (χ0) is 17.5. The van der Waals surface area contributed by atoms with Gasteiger partial charge in [-0.1, -0.05) is 58.5 Å². The summed E-state index contributed by atoms with van der Waals surface area (Å²) >= 11 is 25.4. The van der Waals surface area contributed by atoms with Gasteiger partial charge < -0.3 is 0 Å². The highest BCUT2D eigenvalue weighted by Gasteiger charge is 2.07. The van der Waals surface area contributed by atoms with Crippen LogP contribution in [0.25, 0.3) is 0 Å².